The van der Waals surface area contributed by atoms with Crippen molar-refractivity contribution in [1.29, 1.82) is 5.26 Å². The third kappa shape index (κ3) is 2.98. The number of benzene rings is 1. The zero-order valence-corrected chi connectivity index (χ0v) is 15.1. The van der Waals surface area contributed by atoms with E-state index in [1.165, 1.54) is 0 Å². The molecule has 0 bridgehead atoms. The van der Waals surface area contributed by atoms with E-state index in [0.717, 1.165) is 23.9 Å². The zero-order chi connectivity index (χ0) is 18.1. The maximum atomic E-state index is 12.5. The summed E-state index contributed by atoms with van der Waals surface area (Å²) in [4.78, 5) is 20.9. The fraction of sp³-hybridized carbons (Fsp3) is 0.421. The van der Waals surface area contributed by atoms with Crippen LogP contribution in [0.1, 0.15) is 18.4 Å². The highest BCUT2D eigenvalue weighted by atomic mass is 35.5. The Bertz CT molecular complexity index is 881. The minimum atomic E-state index is -0.281. The molecule has 134 valence electrons. The van der Waals surface area contributed by atoms with E-state index in [9.17, 15) is 10.1 Å². The summed E-state index contributed by atoms with van der Waals surface area (Å²) in [6, 6.07) is 7.84. The van der Waals surface area contributed by atoms with Crippen molar-refractivity contribution < 1.29 is 9.53 Å². The summed E-state index contributed by atoms with van der Waals surface area (Å²) in [5.74, 6) is 0.0882. The van der Waals surface area contributed by atoms with Gasteiger partial charge in [-0.3, -0.25) is 9.78 Å². The van der Waals surface area contributed by atoms with E-state index in [4.69, 9.17) is 16.3 Å². The van der Waals surface area contributed by atoms with Gasteiger partial charge < -0.3 is 14.5 Å². The van der Waals surface area contributed by atoms with E-state index in [2.05, 4.69) is 16.0 Å². The van der Waals surface area contributed by atoms with Crippen LogP contribution in [0.2, 0.25) is 5.02 Å². The summed E-state index contributed by atoms with van der Waals surface area (Å²) >= 11 is 6.27. The molecule has 1 amide bonds. The summed E-state index contributed by atoms with van der Waals surface area (Å²) in [6.45, 7) is 3.24. The number of halogens is 1. The Hall–Kier alpha value is -2.36. The predicted molar refractivity (Wildman–Crippen MR) is 99.2 cm³/mol. The Morgan fingerprint density at radius 2 is 2.12 bits per heavy atom. The van der Waals surface area contributed by atoms with Crippen molar-refractivity contribution in [3.05, 3.63) is 35.0 Å². The summed E-state index contributed by atoms with van der Waals surface area (Å²) in [6.07, 6.45) is 3.06. The van der Waals surface area contributed by atoms with Gasteiger partial charge in [-0.1, -0.05) is 23.7 Å². The van der Waals surface area contributed by atoms with Gasteiger partial charge in [-0.25, -0.2) is 0 Å². The number of hydrogen-bond acceptors (Lipinski definition) is 5. The molecule has 0 saturated carbocycles. The molecule has 2 saturated heterocycles. The smallest absolute Gasteiger partial charge is 0.251 e. The van der Waals surface area contributed by atoms with Crippen LogP contribution in [-0.2, 0) is 9.53 Å². The Morgan fingerprint density at radius 1 is 1.31 bits per heavy atom. The lowest BCUT2D eigenvalue weighted by molar-refractivity contribution is -0.141. The first-order valence-corrected chi connectivity index (χ1v) is 9.19. The van der Waals surface area contributed by atoms with Crippen LogP contribution in [0.4, 0.5) is 5.69 Å². The van der Waals surface area contributed by atoms with Crippen LogP contribution in [0.5, 0.6) is 0 Å². The standard InChI is InChI=1S/C19H19ClN4O2/c20-15-4-1-3-14-17(15)22-12-13(11-21)18(14)23-6-8-24(9-7-23)19(25)16-5-2-10-26-16/h1,3-4,12,16H,2,5-10H2. The van der Waals surface area contributed by atoms with Crippen LogP contribution < -0.4 is 4.90 Å². The van der Waals surface area contributed by atoms with Crippen LogP contribution in [0.25, 0.3) is 10.9 Å². The van der Waals surface area contributed by atoms with Gasteiger partial charge >= 0.3 is 0 Å². The normalized spacial score (nSPS) is 20.4. The number of fused-ring (bicyclic) bond motifs is 1. The molecule has 0 spiro atoms. The molecular formula is C19H19ClN4O2. The van der Waals surface area contributed by atoms with E-state index in [-0.39, 0.29) is 12.0 Å². The molecule has 7 heteroatoms. The lowest BCUT2D eigenvalue weighted by Crippen LogP contribution is -2.51. The van der Waals surface area contributed by atoms with Gasteiger partial charge in [-0.15, -0.1) is 0 Å². The van der Waals surface area contributed by atoms with Crippen LogP contribution in [0.15, 0.2) is 24.4 Å². The van der Waals surface area contributed by atoms with E-state index < -0.39 is 0 Å². The molecule has 1 aromatic carbocycles. The number of pyridine rings is 1. The van der Waals surface area contributed by atoms with Gasteiger partial charge in [0.05, 0.1) is 21.8 Å². The molecule has 0 aliphatic carbocycles. The van der Waals surface area contributed by atoms with Crippen molar-refractivity contribution in [1.82, 2.24) is 9.88 Å². The van der Waals surface area contributed by atoms with Gasteiger partial charge in [0, 0.05) is 44.4 Å². The van der Waals surface area contributed by atoms with Crippen LogP contribution >= 0.6 is 11.6 Å². The highest BCUT2D eigenvalue weighted by molar-refractivity contribution is 6.35. The second-order valence-corrected chi connectivity index (χ2v) is 6.99. The Morgan fingerprint density at radius 3 is 2.81 bits per heavy atom. The van der Waals surface area contributed by atoms with Gasteiger partial charge in [0.25, 0.3) is 5.91 Å². The summed E-state index contributed by atoms with van der Waals surface area (Å²) < 4.78 is 5.52. The average Bonchev–Trinajstić information content (AvgIpc) is 3.22. The number of carbonyl (C=O) groups excluding carboxylic acids is 1. The number of amides is 1. The summed E-state index contributed by atoms with van der Waals surface area (Å²) in [5.41, 5.74) is 2.07. The van der Waals surface area contributed by atoms with Crippen LogP contribution in [0.3, 0.4) is 0 Å². The number of nitrogens with zero attached hydrogens (tertiary/aromatic N) is 4. The number of para-hydroxylation sites is 1. The second-order valence-electron chi connectivity index (χ2n) is 6.58. The fourth-order valence-corrected chi connectivity index (χ4v) is 3.95. The lowest BCUT2D eigenvalue weighted by atomic mass is 10.1. The zero-order valence-electron chi connectivity index (χ0n) is 14.3. The van der Waals surface area contributed by atoms with E-state index in [0.29, 0.717) is 48.9 Å². The van der Waals surface area contributed by atoms with Crippen molar-refractivity contribution in [3.63, 3.8) is 0 Å². The predicted octanol–water partition coefficient (Wildman–Crippen LogP) is 2.59. The number of carbonyl (C=O) groups is 1. The minimum Gasteiger partial charge on any atom is -0.368 e. The molecular weight excluding hydrogens is 352 g/mol. The first-order chi connectivity index (χ1) is 12.7. The molecule has 1 aromatic heterocycles. The molecule has 0 N–H and O–H groups in total. The number of rotatable bonds is 2. The number of nitriles is 1. The Balaban J connectivity index is 1.59. The quantitative estimate of drug-likeness (QED) is 0.812. The molecule has 2 aliphatic rings. The third-order valence-corrected chi connectivity index (χ3v) is 5.36. The van der Waals surface area contributed by atoms with E-state index in [1.807, 2.05) is 17.0 Å². The van der Waals surface area contributed by atoms with Gasteiger partial charge in [0.1, 0.15) is 12.2 Å². The molecule has 2 aromatic rings. The monoisotopic (exact) mass is 370 g/mol. The molecule has 6 nitrogen and oxygen atoms in total. The van der Waals surface area contributed by atoms with Crippen LogP contribution in [0, 0.1) is 11.3 Å². The van der Waals surface area contributed by atoms with Crippen molar-refractivity contribution in [2.24, 2.45) is 0 Å². The maximum absolute atomic E-state index is 12.5. The number of aromatic nitrogens is 1. The molecule has 3 heterocycles. The maximum Gasteiger partial charge on any atom is 0.251 e. The molecule has 2 aliphatic heterocycles. The number of hydrogen-bond donors (Lipinski definition) is 0. The molecule has 4 rings (SSSR count). The Labute approximate surface area is 156 Å². The number of ether oxygens (including phenoxy) is 1. The van der Waals surface area contributed by atoms with Gasteiger partial charge in [-0.2, -0.15) is 5.26 Å². The largest absolute Gasteiger partial charge is 0.368 e. The summed E-state index contributed by atoms with van der Waals surface area (Å²) in [5, 5.41) is 11.0. The lowest BCUT2D eigenvalue weighted by Gasteiger charge is -2.37. The third-order valence-electron chi connectivity index (χ3n) is 5.05. The fourth-order valence-electron chi connectivity index (χ4n) is 3.72. The molecule has 1 atom stereocenters. The van der Waals surface area contributed by atoms with Crippen molar-refractivity contribution in [2.45, 2.75) is 18.9 Å². The topological polar surface area (TPSA) is 69.5 Å². The Kier molecular flexibility index (Phi) is 4.66. The number of piperazine rings is 1. The molecule has 2 fully saturated rings. The van der Waals surface area contributed by atoms with Gasteiger partial charge in [-0.05, 0) is 18.9 Å². The second kappa shape index (κ2) is 7.10. The van der Waals surface area contributed by atoms with E-state index >= 15 is 0 Å². The first kappa shape index (κ1) is 17.1. The highest BCUT2D eigenvalue weighted by Crippen LogP contribution is 2.33. The van der Waals surface area contributed by atoms with Crippen molar-refractivity contribution in [3.8, 4) is 6.07 Å². The molecule has 0 radical (unpaired) electrons. The van der Waals surface area contributed by atoms with Gasteiger partial charge in [0.2, 0.25) is 0 Å². The average molecular weight is 371 g/mol. The van der Waals surface area contributed by atoms with E-state index in [1.54, 1.807) is 12.3 Å². The first-order valence-electron chi connectivity index (χ1n) is 8.81. The molecule has 26 heavy (non-hydrogen) atoms. The van der Waals surface area contributed by atoms with Crippen LogP contribution in [-0.4, -0.2) is 54.7 Å². The van der Waals surface area contributed by atoms with Gasteiger partial charge in [0.15, 0.2) is 0 Å². The summed E-state index contributed by atoms with van der Waals surface area (Å²) in [7, 11) is 0. The minimum absolute atomic E-state index is 0.0882. The SMILES string of the molecule is N#Cc1cnc2c(Cl)cccc2c1N1CCN(C(=O)C2CCCO2)CC1. The molecule has 1 unspecified atom stereocenters. The number of anilines is 1. The van der Waals surface area contributed by atoms with Crippen molar-refractivity contribution in [2.75, 3.05) is 37.7 Å². The highest BCUT2D eigenvalue weighted by Gasteiger charge is 2.31. The van der Waals surface area contributed by atoms with Crippen molar-refractivity contribution >= 4 is 34.1 Å².